The molecule has 1 aliphatic rings. The van der Waals surface area contributed by atoms with Gasteiger partial charge in [-0.1, -0.05) is 12.1 Å². The van der Waals surface area contributed by atoms with Gasteiger partial charge >= 0.3 is 5.97 Å². The number of amides is 1. The molecule has 2 atom stereocenters. The minimum absolute atomic E-state index is 0.247. The van der Waals surface area contributed by atoms with Gasteiger partial charge in [0.2, 0.25) is 0 Å². The Hall–Kier alpha value is -3.17. The second-order valence-electron chi connectivity index (χ2n) is 7.10. The van der Waals surface area contributed by atoms with Crippen molar-refractivity contribution in [2.24, 2.45) is 0 Å². The number of carbonyl (C=O) groups is 2. The van der Waals surface area contributed by atoms with E-state index >= 15 is 0 Å². The van der Waals surface area contributed by atoms with Crippen LogP contribution in [0.25, 0.3) is 0 Å². The zero-order valence-electron chi connectivity index (χ0n) is 17.3. The summed E-state index contributed by atoms with van der Waals surface area (Å²) in [5.74, 6) is -0.817. The van der Waals surface area contributed by atoms with Crippen molar-refractivity contribution in [3.05, 3.63) is 70.9 Å². The minimum Gasteiger partial charge on any atom is -0.463 e. The fraction of sp³-hybridized carbons (Fsp3) is 0.273. The summed E-state index contributed by atoms with van der Waals surface area (Å²) in [6, 6.07) is 13.7. The summed E-state index contributed by atoms with van der Waals surface area (Å²) in [6.45, 7) is 3.98. The van der Waals surface area contributed by atoms with Crippen molar-refractivity contribution in [3.8, 4) is 0 Å². The van der Waals surface area contributed by atoms with Crippen LogP contribution in [-0.2, 0) is 20.8 Å². The number of hydrogen-bond acceptors (Lipinski definition) is 5. The van der Waals surface area contributed by atoms with Crippen LogP contribution >= 0.6 is 0 Å². The smallest absolute Gasteiger partial charge is 0.335 e. The fourth-order valence-electron chi connectivity index (χ4n) is 3.44. The second kappa shape index (κ2) is 10.2. The second-order valence-corrected chi connectivity index (χ2v) is 7.80. The van der Waals surface area contributed by atoms with Crippen LogP contribution < -0.4 is 15.4 Å². The summed E-state index contributed by atoms with van der Waals surface area (Å²) in [6.07, 6.45) is 1.13. The lowest BCUT2D eigenvalue weighted by Crippen LogP contribution is -2.33. The third-order valence-corrected chi connectivity index (χ3v) is 5.25. The molecule has 2 aromatic rings. The molecule has 0 heterocycles. The number of benzene rings is 2. The van der Waals surface area contributed by atoms with E-state index < -0.39 is 17.2 Å². The quantitative estimate of drug-likeness (QED) is 0.367. The summed E-state index contributed by atoms with van der Waals surface area (Å²) in [7, 11) is 0. The Kier molecular flexibility index (Phi) is 7.43. The Morgan fingerprint density at radius 2 is 1.90 bits per heavy atom. The zero-order valence-corrected chi connectivity index (χ0v) is 18.1. The third kappa shape index (κ3) is 5.93. The normalized spacial score (nSPS) is 16.5. The molecule has 3 rings (SSSR count). The van der Waals surface area contributed by atoms with Crippen molar-refractivity contribution < 1.29 is 23.1 Å². The van der Waals surface area contributed by atoms with Gasteiger partial charge in [-0.25, -0.2) is 9.00 Å². The molecule has 0 aliphatic heterocycles. The lowest BCUT2D eigenvalue weighted by atomic mass is 10.1. The Balaban J connectivity index is 1.82. The average Bonchev–Trinajstić information content (AvgIpc) is 3.10. The summed E-state index contributed by atoms with van der Waals surface area (Å²) >= 11 is -2.19. The number of aryl methyl sites for hydroxylation is 1. The van der Waals surface area contributed by atoms with Gasteiger partial charge in [-0.2, -0.15) is 0 Å². The van der Waals surface area contributed by atoms with E-state index in [1.165, 1.54) is 24.3 Å². The summed E-state index contributed by atoms with van der Waals surface area (Å²) in [5, 5.41) is 6.27. The van der Waals surface area contributed by atoms with E-state index in [2.05, 4.69) is 15.4 Å². The predicted octanol–water partition coefficient (Wildman–Crippen LogP) is 3.37. The van der Waals surface area contributed by atoms with E-state index in [0.717, 1.165) is 11.3 Å². The van der Waals surface area contributed by atoms with E-state index in [1.807, 2.05) is 31.2 Å². The van der Waals surface area contributed by atoms with Gasteiger partial charge in [0, 0.05) is 16.9 Å². The number of carbonyl (C=O) groups excluding carboxylic acids is 2. The van der Waals surface area contributed by atoms with Crippen LogP contribution in [0.4, 0.5) is 11.4 Å². The molecular weight excluding hydrogens is 418 g/mol. The number of hydrogen-bond donors (Lipinski definition) is 4. The van der Waals surface area contributed by atoms with Crippen LogP contribution in [0.3, 0.4) is 0 Å². The predicted molar refractivity (Wildman–Crippen MR) is 120 cm³/mol. The van der Waals surface area contributed by atoms with Gasteiger partial charge in [0.25, 0.3) is 17.2 Å². The van der Waals surface area contributed by atoms with Gasteiger partial charge in [-0.15, -0.1) is 0 Å². The molecule has 2 unspecified atom stereocenters. The van der Waals surface area contributed by atoms with Gasteiger partial charge < -0.3 is 15.4 Å². The van der Waals surface area contributed by atoms with Crippen molar-refractivity contribution in [3.63, 3.8) is 0 Å². The Morgan fingerprint density at radius 1 is 1.16 bits per heavy atom. The largest absolute Gasteiger partial charge is 0.463 e. The molecule has 0 fully saturated rings. The first-order valence-electron chi connectivity index (χ1n) is 9.89. The molecule has 1 amide bonds. The first-order valence-corrected chi connectivity index (χ1v) is 11.0. The molecule has 0 saturated carbocycles. The maximum absolute atomic E-state index is 12.9. The van der Waals surface area contributed by atoms with Crippen LogP contribution in [0.1, 0.15) is 35.7 Å². The molecule has 1 aliphatic carbocycles. The molecule has 0 aromatic heterocycles. The van der Waals surface area contributed by atoms with Crippen molar-refractivity contribution in [2.45, 2.75) is 32.7 Å². The molecule has 0 saturated heterocycles. The molecule has 0 spiro atoms. The molecular formula is C22H25N3O5S. The van der Waals surface area contributed by atoms with Crippen molar-refractivity contribution in [2.75, 3.05) is 16.6 Å². The molecule has 8 nitrogen and oxygen atoms in total. The zero-order chi connectivity index (χ0) is 22.4. The minimum atomic E-state index is -2.19. The van der Waals surface area contributed by atoms with Crippen LogP contribution in [0, 0.1) is 6.92 Å². The van der Waals surface area contributed by atoms with Crippen molar-refractivity contribution in [1.29, 1.82) is 0 Å². The first kappa shape index (κ1) is 22.5. The Bertz CT molecular complexity index is 1020. The monoisotopic (exact) mass is 443 g/mol. The topological polar surface area (TPSA) is 117 Å². The van der Waals surface area contributed by atoms with Gasteiger partial charge in [0.05, 0.1) is 23.9 Å². The van der Waals surface area contributed by atoms with Crippen LogP contribution in [-0.4, -0.2) is 33.3 Å². The molecule has 164 valence electrons. The first-order chi connectivity index (χ1) is 14.9. The fourth-order valence-corrected chi connectivity index (χ4v) is 3.77. The van der Waals surface area contributed by atoms with E-state index in [1.54, 1.807) is 6.92 Å². The number of nitrogens with one attached hydrogen (secondary N) is 3. The number of ether oxygens (including phenoxy) is 1. The SMILES string of the molecule is CCOC(=O)C1=C(NC(=O)c2ccc(NS(=O)O)cc2)C(Nc2cccc(C)c2)CC1. The van der Waals surface area contributed by atoms with E-state index in [9.17, 15) is 13.8 Å². The number of rotatable bonds is 8. The van der Waals surface area contributed by atoms with Crippen LogP contribution in [0.2, 0.25) is 0 Å². The Labute approximate surface area is 183 Å². The average molecular weight is 444 g/mol. The summed E-state index contributed by atoms with van der Waals surface area (Å²) in [4.78, 5) is 25.3. The lowest BCUT2D eigenvalue weighted by molar-refractivity contribution is -0.138. The molecule has 31 heavy (non-hydrogen) atoms. The van der Waals surface area contributed by atoms with E-state index in [-0.39, 0.29) is 18.6 Å². The molecule has 0 bridgehead atoms. The van der Waals surface area contributed by atoms with E-state index in [0.29, 0.717) is 35.4 Å². The number of esters is 1. The van der Waals surface area contributed by atoms with Gasteiger partial charge in [-0.3, -0.25) is 14.1 Å². The maximum Gasteiger partial charge on any atom is 0.335 e. The van der Waals surface area contributed by atoms with E-state index in [4.69, 9.17) is 9.29 Å². The molecule has 9 heteroatoms. The van der Waals surface area contributed by atoms with Gasteiger partial charge in [-0.05, 0) is 68.7 Å². The van der Waals surface area contributed by atoms with Crippen LogP contribution in [0.5, 0.6) is 0 Å². The highest BCUT2D eigenvalue weighted by Gasteiger charge is 2.31. The maximum atomic E-state index is 12.9. The van der Waals surface area contributed by atoms with Gasteiger partial charge in [0.1, 0.15) is 0 Å². The molecule has 2 aromatic carbocycles. The van der Waals surface area contributed by atoms with Crippen LogP contribution in [0.15, 0.2) is 59.8 Å². The highest BCUT2D eigenvalue weighted by atomic mass is 32.2. The summed E-state index contributed by atoms with van der Waals surface area (Å²) < 4.78 is 27.2. The highest BCUT2D eigenvalue weighted by Crippen LogP contribution is 2.29. The standard InChI is InChI=1S/C22H25N3O5S/c1-3-30-22(27)18-11-12-19(23-17-6-4-5-14(2)13-17)20(18)24-21(26)15-7-9-16(10-8-15)25-31(28)29/h4-10,13,19,23,25H,3,11-12H2,1-2H3,(H,24,26)(H,28,29). The van der Waals surface area contributed by atoms with Crippen molar-refractivity contribution in [1.82, 2.24) is 5.32 Å². The van der Waals surface area contributed by atoms with Gasteiger partial charge in [0.15, 0.2) is 0 Å². The Morgan fingerprint density at radius 3 is 2.55 bits per heavy atom. The lowest BCUT2D eigenvalue weighted by Gasteiger charge is -2.20. The molecule has 0 radical (unpaired) electrons. The molecule has 4 N–H and O–H groups in total. The summed E-state index contributed by atoms with van der Waals surface area (Å²) in [5.41, 5.74) is 3.71. The highest BCUT2D eigenvalue weighted by molar-refractivity contribution is 7.80. The third-order valence-electron chi connectivity index (χ3n) is 4.84. The van der Waals surface area contributed by atoms with Crippen molar-refractivity contribution >= 4 is 34.5 Å². The number of anilines is 2.